The molecule has 7 heteroatoms. The average molecular weight is 427 g/mol. The first-order valence-electron chi connectivity index (χ1n) is 8.36. The Morgan fingerprint density at radius 1 is 1.15 bits per heavy atom. The van der Waals surface area contributed by atoms with Gasteiger partial charge in [-0.1, -0.05) is 24.3 Å². The van der Waals surface area contributed by atoms with Gasteiger partial charge in [0.15, 0.2) is 0 Å². The Morgan fingerprint density at radius 2 is 1.89 bits per heavy atom. The van der Waals surface area contributed by atoms with Crippen molar-refractivity contribution in [2.24, 2.45) is 0 Å². The van der Waals surface area contributed by atoms with Crippen molar-refractivity contribution in [3.05, 3.63) is 75.4 Å². The summed E-state index contributed by atoms with van der Waals surface area (Å²) in [5, 5.41) is 15.8. The number of carbonyl (C=O) groups is 1. The fourth-order valence-corrected chi connectivity index (χ4v) is 2.99. The molecular formula is C20H19BrN4O2. The van der Waals surface area contributed by atoms with E-state index in [-0.39, 0.29) is 5.56 Å². The number of aromatic carboxylic acids is 1. The molecule has 27 heavy (non-hydrogen) atoms. The summed E-state index contributed by atoms with van der Waals surface area (Å²) in [7, 11) is 0. The summed E-state index contributed by atoms with van der Waals surface area (Å²) < 4.78 is 0.597. The molecule has 3 rings (SSSR count). The first-order valence-corrected chi connectivity index (χ1v) is 9.15. The highest BCUT2D eigenvalue weighted by atomic mass is 79.9. The number of nitrogens with one attached hydrogen (secondary N) is 2. The molecule has 0 aliphatic heterocycles. The Morgan fingerprint density at radius 3 is 2.59 bits per heavy atom. The minimum absolute atomic E-state index is 0.239. The molecule has 0 saturated heterocycles. The van der Waals surface area contributed by atoms with Crippen LogP contribution in [-0.2, 0) is 6.54 Å². The van der Waals surface area contributed by atoms with E-state index in [0.29, 0.717) is 17.0 Å². The number of para-hydroxylation sites is 1. The van der Waals surface area contributed by atoms with E-state index in [1.165, 1.54) is 0 Å². The number of halogens is 1. The standard InChI is InChI=1S/C20H19BrN4O2/c1-12-8-14(9-16(17(12)21)19(26)27)11-23-20-22-10-13(2)18(25-20)24-15-6-4-3-5-7-15/h3-10H,11H2,1-2H3,(H,26,27)(H2,22,23,24,25). The van der Waals surface area contributed by atoms with Crippen molar-refractivity contribution in [3.63, 3.8) is 0 Å². The lowest BCUT2D eigenvalue weighted by atomic mass is 10.1. The van der Waals surface area contributed by atoms with Crippen molar-refractivity contribution in [2.45, 2.75) is 20.4 Å². The van der Waals surface area contributed by atoms with Gasteiger partial charge in [0.2, 0.25) is 5.95 Å². The summed E-state index contributed by atoms with van der Waals surface area (Å²) in [4.78, 5) is 20.2. The van der Waals surface area contributed by atoms with Crippen LogP contribution >= 0.6 is 15.9 Å². The number of benzene rings is 2. The van der Waals surface area contributed by atoms with Crippen LogP contribution in [0.1, 0.15) is 27.0 Å². The maximum absolute atomic E-state index is 11.4. The molecule has 6 nitrogen and oxygen atoms in total. The molecule has 0 unspecified atom stereocenters. The molecule has 2 aromatic carbocycles. The number of anilines is 3. The number of carboxylic acids is 1. The lowest BCUT2D eigenvalue weighted by Gasteiger charge is -2.12. The zero-order valence-electron chi connectivity index (χ0n) is 15.0. The lowest BCUT2D eigenvalue weighted by Crippen LogP contribution is -2.08. The summed E-state index contributed by atoms with van der Waals surface area (Å²) in [6.45, 7) is 4.22. The van der Waals surface area contributed by atoms with Crippen LogP contribution in [0.15, 0.2) is 53.1 Å². The highest BCUT2D eigenvalue weighted by Crippen LogP contribution is 2.24. The summed E-state index contributed by atoms with van der Waals surface area (Å²) in [5.41, 5.74) is 3.82. The number of carboxylic acid groups (broad SMARTS) is 1. The van der Waals surface area contributed by atoms with E-state index < -0.39 is 5.97 Å². The Hall–Kier alpha value is -2.93. The predicted octanol–water partition coefficient (Wildman–Crippen LogP) is 4.91. The zero-order valence-corrected chi connectivity index (χ0v) is 16.5. The monoisotopic (exact) mass is 426 g/mol. The smallest absolute Gasteiger partial charge is 0.336 e. The van der Waals surface area contributed by atoms with E-state index in [2.05, 4.69) is 36.5 Å². The number of hydrogen-bond donors (Lipinski definition) is 3. The van der Waals surface area contributed by atoms with E-state index >= 15 is 0 Å². The van der Waals surface area contributed by atoms with E-state index in [9.17, 15) is 9.90 Å². The third-order valence-corrected chi connectivity index (χ3v) is 5.06. The molecule has 0 radical (unpaired) electrons. The van der Waals surface area contributed by atoms with Crippen LogP contribution in [0.3, 0.4) is 0 Å². The maximum atomic E-state index is 11.4. The first kappa shape index (κ1) is 18.8. The quantitative estimate of drug-likeness (QED) is 0.518. The molecule has 1 aromatic heterocycles. The van der Waals surface area contributed by atoms with E-state index in [4.69, 9.17) is 0 Å². The minimum atomic E-state index is -0.965. The minimum Gasteiger partial charge on any atom is -0.478 e. The van der Waals surface area contributed by atoms with Crippen molar-refractivity contribution in [3.8, 4) is 0 Å². The summed E-state index contributed by atoms with van der Waals surface area (Å²) in [6, 6.07) is 13.4. The second-order valence-corrected chi connectivity index (χ2v) is 6.94. The molecule has 0 aliphatic rings. The van der Waals surface area contributed by atoms with Gasteiger partial charge in [-0.05, 0) is 59.1 Å². The van der Waals surface area contributed by atoms with E-state index in [1.807, 2.05) is 50.2 Å². The highest BCUT2D eigenvalue weighted by Gasteiger charge is 2.12. The molecule has 3 aromatic rings. The normalized spacial score (nSPS) is 10.5. The summed E-state index contributed by atoms with van der Waals surface area (Å²) in [5.74, 6) is 0.223. The second kappa shape index (κ2) is 8.18. The SMILES string of the molecule is Cc1cnc(NCc2cc(C)c(Br)c(C(=O)O)c2)nc1Nc1ccccc1. The number of rotatable bonds is 6. The molecule has 0 amide bonds. The average Bonchev–Trinajstić information content (AvgIpc) is 2.65. The van der Waals surface area contributed by atoms with E-state index in [0.717, 1.165) is 28.2 Å². The van der Waals surface area contributed by atoms with Gasteiger partial charge in [0.05, 0.1) is 5.56 Å². The molecule has 138 valence electrons. The zero-order chi connectivity index (χ0) is 19.4. The third-order valence-electron chi connectivity index (χ3n) is 4.00. The van der Waals surface area contributed by atoms with Crippen LogP contribution in [0.4, 0.5) is 17.5 Å². The Kier molecular flexibility index (Phi) is 5.71. The fourth-order valence-electron chi connectivity index (χ4n) is 2.60. The molecule has 0 atom stereocenters. The Bertz CT molecular complexity index is 977. The van der Waals surface area contributed by atoms with Crippen LogP contribution in [-0.4, -0.2) is 21.0 Å². The summed E-state index contributed by atoms with van der Waals surface area (Å²) >= 11 is 3.33. The second-order valence-electron chi connectivity index (χ2n) is 6.15. The largest absolute Gasteiger partial charge is 0.478 e. The van der Waals surface area contributed by atoms with Crippen molar-refractivity contribution < 1.29 is 9.90 Å². The fraction of sp³-hybridized carbons (Fsp3) is 0.150. The Labute approximate surface area is 165 Å². The molecule has 0 spiro atoms. The van der Waals surface area contributed by atoms with Crippen molar-refractivity contribution in [2.75, 3.05) is 10.6 Å². The Balaban J connectivity index is 1.77. The van der Waals surface area contributed by atoms with Gasteiger partial charge in [0, 0.05) is 28.5 Å². The van der Waals surface area contributed by atoms with Gasteiger partial charge in [-0.15, -0.1) is 0 Å². The predicted molar refractivity (Wildman–Crippen MR) is 110 cm³/mol. The molecule has 1 heterocycles. The van der Waals surface area contributed by atoms with Gasteiger partial charge >= 0.3 is 5.97 Å². The molecule has 3 N–H and O–H groups in total. The van der Waals surface area contributed by atoms with Crippen LogP contribution < -0.4 is 10.6 Å². The third kappa shape index (κ3) is 4.62. The van der Waals surface area contributed by atoms with Gasteiger partial charge in [-0.2, -0.15) is 4.98 Å². The van der Waals surface area contributed by atoms with Crippen LogP contribution in [0.2, 0.25) is 0 Å². The van der Waals surface area contributed by atoms with Gasteiger partial charge in [0.1, 0.15) is 5.82 Å². The number of aryl methyl sites for hydroxylation is 2. The van der Waals surface area contributed by atoms with Crippen LogP contribution in [0.5, 0.6) is 0 Å². The molecular weight excluding hydrogens is 408 g/mol. The molecule has 0 fully saturated rings. The molecule has 0 saturated carbocycles. The topological polar surface area (TPSA) is 87.1 Å². The number of hydrogen-bond acceptors (Lipinski definition) is 5. The van der Waals surface area contributed by atoms with Crippen LogP contribution in [0.25, 0.3) is 0 Å². The molecule has 0 aliphatic carbocycles. The van der Waals surface area contributed by atoms with Crippen molar-refractivity contribution in [1.29, 1.82) is 0 Å². The first-order chi connectivity index (χ1) is 12.9. The summed E-state index contributed by atoms with van der Waals surface area (Å²) in [6.07, 6.45) is 1.75. The van der Waals surface area contributed by atoms with Crippen molar-refractivity contribution in [1.82, 2.24) is 9.97 Å². The van der Waals surface area contributed by atoms with E-state index in [1.54, 1.807) is 12.3 Å². The molecule has 0 bridgehead atoms. The lowest BCUT2D eigenvalue weighted by molar-refractivity contribution is 0.0695. The van der Waals surface area contributed by atoms with Gasteiger partial charge in [-0.25, -0.2) is 9.78 Å². The van der Waals surface area contributed by atoms with Gasteiger partial charge in [-0.3, -0.25) is 0 Å². The maximum Gasteiger partial charge on any atom is 0.336 e. The number of aromatic nitrogens is 2. The highest BCUT2D eigenvalue weighted by molar-refractivity contribution is 9.10. The van der Waals surface area contributed by atoms with Crippen LogP contribution in [0, 0.1) is 13.8 Å². The number of nitrogens with zero attached hydrogens (tertiary/aromatic N) is 2. The van der Waals surface area contributed by atoms with Gasteiger partial charge in [0.25, 0.3) is 0 Å². The van der Waals surface area contributed by atoms with Gasteiger partial charge < -0.3 is 15.7 Å². The van der Waals surface area contributed by atoms with Crippen molar-refractivity contribution >= 4 is 39.4 Å².